The number of rotatable bonds is 2. The number of hydrogen-bond donors (Lipinski definition) is 0. The Bertz CT molecular complexity index is 276. The van der Waals surface area contributed by atoms with Crippen molar-refractivity contribution in [2.45, 2.75) is 32.0 Å². The second kappa shape index (κ2) is 3.60. The lowest BCUT2D eigenvalue weighted by atomic mass is 10.1. The van der Waals surface area contributed by atoms with Gasteiger partial charge in [-0.15, -0.1) is 0 Å². The molecule has 0 aromatic carbocycles. The number of aromatic nitrogens is 2. The molecule has 2 nitrogen and oxygen atoms in total. The van der Waals surface area contributed by atoms with Crippen molar-refractivity contribution >= 4 is 15.9 Å². The predicted molar refractivity (Wildman–Crippen MR) is 54.8 cm³/mol. The highest BCUT2D eigenvalue weighted by atomic mass is 79.9. The van der Waals surface area contributed by atoms with Crippen molar-refractivity contribution in [3.63, 3.8) is 0 Å². The lowest BCUT2D eigenvalue weighted by Gasteiger charge is -2.03. The van der Waals surface area contributed by atoms with E-state index in [1.807, 2.05) is 11.7 Å². The van der Waals surface area contributed by atoms with E-state index in [9.17, 15) is 0 Å². The van der Waals surface area contributed by atoms with Crippen molar-refractivity contribution in [1.29, 1.82) is 0 Å². The highest BCUT2D eigenvalue weighted by Gasteiger charge is 2.10. The molecule has 0 saturated heterocycles. The predicted octanol–water partition coefficient (Wildman–Crippen LogP) is 2.36. The summed E-state index contributed by atoms with van der Waals surface area (Å²) in [6.07, 6.45) is 1.06. The fraction of sp³-hybridized carbons (Fsp3) is 0.667. The molecular weight excluding hydrogens is 216 g/mol. The van der Waals surface area contributed by atoms with Gasteiger partial charge in [0.1, 0.15) is 0 Å². The van der Waals surface area contributed by atoms with Gasteiger partial charge in [0.25, 0.3) is 0 Å². The average molecular weight is 231 g/mol. The third-order valence-corrected chi connectivity index (χ3v) is 2.47. The summed E-state index contributed by atoms with van der Waals surface area (Å²) in [6, 6.07) is 0. The molecule has 0 amide bonds. The summed E-state index contributed by atoms with van der Waals surface area (Å²) in [4.78, 5) is 0.527. The lowest BCUT2D eigenvalue weighted by molar-refractivity contribution is 0.729. The van der Waals surface area contributed by atoms with E-state index in [-0.39, 0.29) is 0 Å². The fourth-order valence-corrected chi connectivity index (χ4v) is 1.72. The van der Waals surface area contributed by atoms with Crippen LogP contribution in [0.25, 0.3) is 0 Å². The van der Waals surface area contributed by atoms with Gasteiger partial charge in [-0.25, -0.2) is 0 Å². The van der Waals surface area contributed by atoms with Gasteiger partial charge < -0.3 is 0 Å². The number of hydrogen-bond acceptors (Lipinski definition) is 1. The molecule has 0 N–H and O–H groups in total. The molecule has 1 rings (SSSR count). The van der Waals surface area contributed by atoms with Crippen LogP contribution in [0.2, 0.25) is 0 Å². The zero-order valence-electron chi connectivity index (χ0n) is 8.06. The smallest absolute Gasteiger partial charge is 0.0628 e. The molecule has 0 aliphatic rings. The van der Waals surface area contributed by atoms with Crippen LogP contribution >= 0.6 is 15.9 Å². The van der Waals surface area contributed by atoms with Gasteiger partial charge in [-0.05, 0) is 25.8 Å². The molecule has 0 aliphatic heterocycles. The molecule has 0 radical (unpaired) electrons. The minimum absolute atomic E-state index is 0.527. The van der Waals surface area contributed by atoms with Gasteiger partial charge in [0.15, 0.2) is 0 Å². The van der Waals surface area contributed by atoms with Crippen molar-refractivity contribution in [1.82, 2.24) is 9.78 Å². The van der Waals surface area contributed by atoms with Gasteiger partial charge in [0, 0.05) is 17.6 Å². The van der Waals surface area contributed by atoms with Gasteiger partial charge in [-0.3, -0.25) is 4.68 Å². The molecule has 1 heterocycles. The Morgan fingerprint density at radius 3 is 2.42 bits per heavy atom. The van der Waals surface area contributed by atoms with Crippen molar-refractivity contribution in [3.8, 4) is 0 Å². The molecule has 0 saturated carbocycles. The molecule has 0 bridgehead atoms. The summed E-state index contributed by atoms with van der Waals surface area (Å²) < 4.78 is 1.94. The third kappa shape index (κ3) is 1.89. The van der Waals surface area contributed by atoms with Crippen LogP contribution in [0.4, 0.5) is 0 Å². The largest absolute Gasteiger partial charge is 0.272 e. The summed E-state index contributed by atoms with van der Waals surface area (Å²) in [5.41, 5.74) is 3.81. The molecule has 1 aromatic heterocycles. The van der Waals surface area contributed by atoms with E-state index in [1.54, 1.807) is 0 Å². The van der Waals surface area contributed by atoms with Crippen LogP contribution in [-0.4, -0.2) is 14.6 Å². The zero-order chi connectivity index (χ0) is 9.30. The SMILES string of the molecule is Cc1nn(C)c(C)c1CC(C)Br. The van der Waals surface area contributed by atoms with Gasteiger partial charge in [-0.1, -0.05) is 22.9 Å². The standard InChI is InChI=1S/C9H15BrN2/c1-6(10)5-9-7(2)11-12(4)8(9)3/h6H,5H2,1-4H3. The summed E-state index contributed by atoms with van der Waals surface area (Å²) in [5, 5.41) is 4.36. The van der Waals surface area contributed by atoms with Gasteiger partial charge in [0.2, 0.25) is 0 Å². The summed E-state index contributed by atoms with van der Waals surface area (Å²) in [5.74, 6) is 0. The van der Waals surface area contributed by atoms with Crippen LogP contribution in [-0.2, 0) is 13.5 Å². The summed E-state index contributed by atoms with van der Waals surface area (Å²) >= 11 is 3.55. The Morgan fingerprint density at radius 1 is 1.50 bits per heavy atom. The topological polar surface area (TPSA) is 17.8 Å². The van der Waals surface area contributed by atoms with E-state index in [0.29, 0.717) is 4.83 Å². The first-order valence-electron chi connectivity index (χ1n) is 4.15. The van der Waals surface area contributed by atoms with E-state index in [2.05, 4.69) is 41.8 Å². The molecule has 0 spiro atoms. The van der Waals surface area contributed by atoms with E-state index in [0.717, 1.165) is 12.1 Å². The summed E-state index contributed by atoms with van der Waals surface area (Å²) in [6.45, 7) is 6.34. The molecule has 1 atom stereocenters. The maximum Gasteiger partial charge on any atom is 0.0628 e. The van der Waals surface area contributed by atoms with Crippen molar-refractivity contribution in [3.05, 3.63) is 17.0 Å². The molecule has 12 heavy (non-hydrogen) atoms. The minimum atomic E-state index is 0.527. The number of aryl methyl sites for hydroxylation is 2. The Labute approximate surface area is 82.1 Å². The quantitative estimate of drug-likeness (QED) is 0.714. The van der Waals surface area contributed by atoms with Crippen LogP contribution in [0.3, 0.4) is 0 Å². The van der Waals surface area contributed by atoms with Crippen molar-refractivity contribution in [2.24, 2.45) is 7.05 Å². The van der Waals surface area contributed by atoms with Crippen LogP contribution in [0.15, 0.2) is 0 Å². The minimum Gasteiger partial charge on any atom is -0.272 e. The maximum absolute atomic E-state index is 4.36. The molecule has 68 valence electrons. The van der Waals surface area contributed by atoms with Crippen LogP contribution in [0.5, 0.6) is 0 Å². The second-order valence-corrected chi connectivity index (χ2v) is 4.82. The van der Waals surface area contributed by atoms with E-state index in [1.165, 1.54) is 11.3 Å². The van der Waals surface area contributed by atoms with Gasteiger partial charge in [-0.2, -0.15) is 5.10 Å². The first-order valence-corrected chi connectivity index (χ1v) is 5.07. The van der Waals surface area contributed by atoms with Crippen LogP contribution in [0.1, 0.15) is 23.9 Å². The third-order valence-electron chi connectivity index (χ3n) is 2.14. The number of halogens is 1. The normalized spacial score (nSPS) is 13.4. The Hall–Kier alpha value is -0.310. The molecule has 1 unspecified atom stereocenters. The average Bonchev–Trinajstić information content (AvgIpc) is 2.16. The highest BCUT2D eigenvalue weighted by molar-refractivity contribution is 9.09. The summed E-state index contributed by atoms with van der Waals surface area (Å²) in [7, 11) is 1.99. The fourth-order valence-electron chi connectivity index (χ4n) is 1.39. The molecular formula is C9H15BrN2. The Kier molecular flexibility index (Phi) is 2.94. The molecule has 0 fully saturated rings. The highest BCUT2D eigenvalue weighted by Crippen LogP contribution is 2.16. The lowest BCUT2D eigenvalue weighted by Crippen LogP contribution is -1.99. The first kappa shape index (κ1) is 9.78. The number of alkyl halides is 1. The second-order valence-electron chi connectivity index (χ2n) is 3.26. The molecule has 1 aromatic rings. The van der Waals surface area contributed by atoms with Crippen LogP contribution < -0.4 is 0 Å². The van der Waals surface area contributed by atoms with Crippen molar-refractivity contribution < 1.29 is 0 Å². The maximum atomic E-state index is 4.36. The van der Waals surface area contributed by atoms with E-state index >= 15 is 0 Å². The van der Waals surface area contributed by atoms with E-state index in [4.69, 9.17) is 0 Å². The Balaban J connectivity index is 2.97. The monoisotopic (exact) mass is 230 g/mol. The molecule has 3 heteroatoms. The van der Waals surface area contributed by atoms with E-state index < -0.39 is 0 Å². The Morgan fingerprint density at radius 2 is 2.08 bits per heavy atom. The van der Waals surface area contributed by atoms with Crippen LogP contribution in [0, 0.1) is 13.8 Å². The van der Waals surface area contributed by atoms with Crippen molar-refractivity contribution in [2.75, 3.05) is 0 Å². The zero-order valence-corrected chi connectivity index (χ0v) is 9.64. The number of nitrogens with zero attached hydrogens (tertiary/aromatic N) is 2. The molecule has 0 aliphatic carbocycles. The van der Waals surface area contributed by atoms with Gasteiger partial charge >= 0.3 is 0 Å². The first-order chi connectivity index (χ1) is 5.52. The van der Waals surface area contributed by atoms with Gasteiger partial charge in [0.05, 0.1) is 5.69 Å².